The molecule has 0 fully saturated rings. The van der Waals surface area contributed by atoms with E-state index in [0.717, 1.165) is 32.3 Å². The molecule has 16 heavy (non-hydrogen) atoms. The van der Waals surface area contributed by atoms with Gasteiger partial charge in [0.2, 0.25) is 0 Å². The van der Waals surface area contributed by atoms with Crippen molar-refractivity contribution in [2.45, 2.75) is 58.6 Å². The van der Waals surface area contributed by atoms with Gasteiger partial charge in [0.05, 0.1) is 12.7 Å². The van der Waals surface area contributed by atoms with Crippen LogP contribution in [0.4, 0.5) is 0 Å². The fourth-order valence-corrected chi connectivity index (χ4v) is 1.91. The second-order valence-electron chi connectivity index (χ2n) is 4.49. The fourth-order valence-electron chi connectivity index (χ4n) is 1.91. The highest BCUT2D eigenvalue weighted by atomic mass is 16.5. The Kier molecular flexibility index (Phi) is 9.99. The molecule has 0 heterocycles. The first kappa shape index (κ1) is 15.9. The molecular formula is C13H29NO2. The van der Waals surface area contributed by atoms with Crippen LogP contribution in [0.15, 0.2) is 0 Å². The molecule has 0 amide bonds. The Bertz CT molecular complexity index is 149. The van der Waals surface area contributed by atoms with Crippen LogP contribution in [0, 0.1) is 0 Å². The molecule has 0 aromatic carbocycles. The van der Waals surface area contributed by atoms with Gasteiger partial charge in [-0.3, -0.25) is 0 Å². The van der Waals surface area contributed by atoms with Crippen LogP contribution in [0.2, 0.25) is 0 Å². The molecule has 1 N–H and O–H groups in total. The van der Waals surface area contributed by atoms with E-state index in [1.54, 1.807) is 0 Å². The van der Waals surface area contributed by atoms with E-state index in [-0.39, 0.29) is 6.10 Å². The first-order valence-corrected chi connectivity index (χ1v) is 6.61. The number of aliphatic hydroxyl groups excluding tert-OH is 1. The van der Waals surface area contributed by atoms with Crippen molar-refractivity contribution in [2.24, 2.45) is 0 Å². The summed E-state index contributed by atoms with van der Waals surface area (Å²) in [4.78, 5) is 2.23. The number of nitrogens with zero attached hydrogens (tertiary/aromatic N) is 1. The molecule has 0 radical (unpaired) electrons. The topological polar surface area (TPSA) is 32.7 Å². The Labute approximate surface area is 101 Å². The molecule has 1 unspecified atom stereocenters. The Morgan fingerprint density at radius 3 is 2.31 bits per heavy atom. The third kappa shape index (κ3) is 7.20. The smallest absolute Gasteiger partial charge is 0.0900 e. The van der Waals surface area contributed by atoms with Gasteiger partial charge in [-0.25, -0.2) is 0 Å². The molecule has 0 saturated heterocycles. The summed E-state index contributed by atoms with van der Waals surface area (Å²) in [5.74, 6) is 0. The standard InChI is InChI=1S/C13H29NO2/c1-5-8-9-16-11-13(15)10-14(4)12(6-2)7-3/h12-13,15H,5-11H2,1-4H3. The van der Waals surface area contributed by atoms with Crippen molar-refractivity contribution < 1.29 is 9.84 Å². The lowest BCUT2D eigenvalue weighted by Gasteiger charge is -2.28. The van der Waals surface area contributed by atoms with Crippen LogP contribution in [0.3, 0.4) is 0 Å². The van der Waals surface area contributed by atoms with Gasteiger partial charge in [-0.05, 0) is 26.3 Å². The second kappa shape index (κ2) is 10.1. The van der Waals surface area contributed by atoms with Gasteiger partial charge in [0, 0.05) is 19.2 Å². The van der Waals surface area contributed by atoms with Crippen LogP contribution in [-0.4, -0.2) is 49.0 Å². The Morgan fingerprint density at radius 1 is 1.19 bits per heavy atom. The number of rotatable bonds is 10. The minimum atomic E-state index is -0.359. The number of unbranched alkanes of at least 4 members (excludes halogenated alkanes) is 1. The van der Waals surface area contributed by atoms with E-state index in [2.05, 4.69) is 32.7 Å². The first-order valence-electron chi connectivity index (χ1n) is 6.61. The third-order valence-electron chi connectivity index (χ3n) is 3.02. The van der Waals surface area contributed by atoms with E-state index in [0.29, 0.717) is 19.2 Å². The van der Waals surface area contributed by atoms with Gasteiger partial charge in [0.25, 0.3) is 0 Å². The monoisotopic (exact) mass is 231 g/mol. The molecule has 0 aromatic rings. The summed E-state index contributed by atoms with van der Waals surface area (Å²) in [5, 5.41) is 9.79. The Balaban J connectivity index is 3.64. The highest BCUT2D eigenvalue weighted by molar-refractivity contribution is 4.68. The lowest BCUT2D eigenvalue weighted by atomic mass is 10.1. The van der Waals surface area contributed by atoms with E-state index < -0.39 is 0 Å². The zero-order chi connectivity index (χ0) is 12.4. The molecule has 0 saturated carbocycles. The summed E-state index contributed by atoms with van der Waals surface area (Å²) >= 11 is 0. The molecule has 0 spiro atoms. The average Bonchev–Trinajstić information content (AvgIpc) is 2.26. The van der Waals surface area contributed by atoms with Crippen molar-refractivity contribution in [1.29, 1.82) is 0 Å². The van der Waals surface area contributed by atoms with Crippen molar-refractivity contribution >= 4 is 0 Å². The van der Waals surface area contributed by atoms with Gasteiger partial charge in [0.15, 0.2) is 0 Å². The van der Waals surface area contributed by atoms with Gasteiger partial charge < -0.3 is 14.7 Å². The second-order valence-corrected chi connectivity index (χ2v) is 4.49. The molecule has 3 heteroatoms. The molecular weight excluding hydrogens is 202 g/mol. The van der Waals surface area contributed by atoms with Crippen molar-refractivity contribution in [2.75, 3.05) is 26.8 Å². The first-order chi connectivity index (χ1) is 7.65. The lowest BCUT2D eigenvalue weighted by molar-refractivity contribution is 0.0127. The number of aliphatic hydroxyl groups is 1. The molecule has 0 rings (SSSR count). The molecule has 0 aliphatic carbocycles. The van der Waals surface area contributed by atoms with Crippen LogP contribution in [0.1, 0.15) is 46.5 Å². The fraction of sp³-hybridized carbons (Fsp3) is 1.00. The highest BCUT2D eigenvalue weighted by Crippen LogP contribution is 2.06. The summed E-state index contributed by atoms with van der Waals surface area (Å²) in [6.45, 7) is 8.45. The van der Waals surface area contributed by atoms with E-state index in [1.807, 2.05) is 0 Å². The summed E-state index contributed by atoms with van der Waals surface area (Å²) in [7, 11) is 2.08. The third-order valence-corrected chi connectivity index (χ3v) is 3.02. The SMILES string of the molecule is CCCCOCC(O)CN(C)C(CC)CC. The average molecular weight is 231 g/mol. The van der Waals surface area contributed by atoms with Crippen LogP contribution >= 0.6 is 0 Å². The van der Waals surface area contributed by atoms with Crippen LogP contribution < -0.4 is 0 Å². The molecule has 0 aliphatic rings. The largest absolute Gasteiger partial charge is 0.389 e. The van der Waals surface area contributed by atoms with Gasteiger partial charge in [-0.2, -0.15) is 0 Å². The van der Waals surface area contributed by atoms with Gasteiger partial charge >= 0.3 is 0 Å². The highest BCUT2D eigenvalue weighted by Gasteiger charge is 2.14. The van der Waals surface area contributed by atoms with Gasteiger partial charge in [0.1, 0.15) is 0 Å². The lowest BCUT2D eigenvalue weighted by Crippen LogP contribution is -2.38. The predicted molar refractivity (Wildman–Crippen MR) is 68.7 cm³/mol. The maximum atomic E-state index is 9.79. The molecule has 0 aromatic heterocycles. The predicted octanol–water partition coefficient (Wildman–Crippen LogP) is 2.28. The Morgan fingerprint density at radius 2 is 1.81 bits per heavy atom. The van der Waals surface area contributed by atoms with E-state index >= 15 is 0 Å². The summed E-state index contributed by atoms with van der Waals surface area (Å²) in [6, 6.07) is 0.574. The number of ether oxygens (including phenoxy) is 1. The van der Waals surface area contributed by atoms with E-state index in [1.165, 1.54) is 0 Å². The Hall–Kier alpha value is -0.120. The maximum absolute atomic E-state index is 9.79. The van der Waals surface area contributed by atoms with Crippen molar-refractivity contribution in [3.05, 3.63) is 0 Å². The minimum Gasteiger partial charge on any atom is -0.389 e. The summed E-state index contributed by atoms with van der Waals surface area (Å²) in [6.07, 6.45) is 4.13. The zero-order valence-corrected chi connectivity index (χ0v) is 11.4. The zero-order valence-electron chi connectivity index (χ0n) is 11.4. The quantitative estimate of drug-likeness (QED) is 0.586. The van der Waals surface area contributed by atoms with E-state index in [4.69, 9.17) is 4.74 Å². The number of hydrogen-bond acceptors (Lipinski definition) is 3. The minimum absolute atomic E-state index is 0.359. The summed E-state index contributed by atoms with van der Waals surface area (Å²) in [5.41, 5.74) is 0. The molecule has 3 nitrogen and oxygen atoms in total. The van der Waals surface area contributed by atoms with Crippen molar-refractivity contribution in [3.8, 4) is 0 Å². The number of likely N-dealkylation sites (N-methyl/N-ethyl adjacent to an activating group) is 1. The van der Waals surface area contributed by atoms with Crippen LogP contribution in [0.25, 0.3) is 0 Å². The number of hydrogen-bond donors (Lipinski definition) is 1. The molecule has 0 aliphatic heterocycles. The van der Waals surface area contributed by atoms with Gasteiger partial charge in [-0.1, -0.05) is 27.2 Å². The molecule has 1 atom stereocenters. The summed E-state index contributed by atoms with van der Waals surface area (Å²) < 4.78 is 5.41. The van der Waals surface area contributed by atoms with Gasteiger partial charge in [-0.15, -0.1) is 0 Å². The van der Waals surface area contributed by atoms with Crippen molar-refractivity contribution in [1.82, 2.24) is 4.90 Å². The molecule has 98 valence electrons. The van der Waals surface area contributed by atoms with E-state index in [9.17, 15) is 5.11 Å². The van der Waals surface area contributed by atoms with Crippen LogP contribution in [0.5, 0.6) is 0 Å². The normalized spacial score (nSPS) is 13.7. The molecule has 0 bridgehead atoms. The van der Waals surface area contributed by atoms with Crippen LogP contribution in [-0.2, 0) is 4.74 Å². The maximum Gasteiger partial charge on any atom is 0.0900 e. The van der Waals surface area contributed by atoms with Crippen molar-refractivity contribution in [3.63, 3.8) is 0 Å².